The van der Waals surface area contributed by atoms with Crippen LogP contribution >= 0.6 is 0 Å². The zero-order valence-corrected chi connectivity index (χ0v) is 12.6. The van der Waals surface area contributed by atoms with E-state index in [1.54, 1.807) is 12.1 Å². The summed E-state index contributed by atoms with van der Waals surface area (Å²) >= 11 is 0. The van der Waals surface area contributed by atoms with E-state index in [4.69, 9.17) is 25.4 Å². The first kappa shape index (κ1) is 15.5. The number of methoxy groups -OCH3 is 3. The fourth-order valence-electron chi connectivity index (χ4n) is 2.10. The molecule has 0 atom stereocenters. The van der Waals surface area contributed by atoms with Gasteiger partial charge in [0.05, 0.1) is 27.5 Å². The second kappa shape index (κ2) is 6.25. The predicted octanol–water partition coefficient (Wildman–Crippen LogP) is 0.799. The number of hydrogen-bond donors (Lipinski definition) is 3. The van der Waals surface area contributed by atoms with Crippen LogP contribution in [0.1, 0.15) is 11.1 Å². The predicted molar refractivity (Wildman–Crippen MR) is 78.6 cm³/mol. The summed E-state index contributed by atoms with van der Waals surface area (Å²) in [4.78, 5) is 3.76. The lowest BCUT2D eigenvalue weighted by molar-refractivity contribution is 0.186. The Labute approximate surface area is 127 Å². The van der Waals surface area contributed by atoms with Gasteiger partial charge < -0.3 is 25.2 Å². The van der Waals surface area contributed by atoms with Crippen molar-refractivity contribution in [2.24, 2.45) is 0 Å². The third kappa shape index (κ3) is 2.90. The molecule has 2 aromatic rings. The molecule has 0 saturated heterocycles. The molecule has 8 heteroatoms. The summed E-state index contributed by atoms with van der Waals surface area (Å²) in [6.07, 6.45) is 1.71. The molecule has 1 aromatic heterocycles. The monoisotopic (exact) mass is 306 g/mol. The van der Waals surface area contributed by atoms with Gasteiger partial charge in [-0.3, -0.25) is 5.41 Å². The minimum Gasteiger partial charge on any atom is -0.493 e. The van der Waals surface area contributed by atoms with Crippen LogP contribution in [-0.2, 0) is 6.42 Å². The first-order chi connectivity index (χ1) is 10.5. The maximum atomic E-state index is 9.56. The van der Waals surface area contributed by atoms with Crippen LogP contribution in [0.5, 0.6) is 17.2 Å². The lowest BCUT2D eigenvalue weighted by Crippen LogP contribution is -2.20. The molecule has 1 aromatic carbocycles. The maximum absolute atomic E-state index is 9.56. The molecule has 0 aliphatic rings. The Hall–Kier alpha value is -2.90. The Bertz CT molecular complexity index is 717. The van der Waals surface area contributed by atoms with Crippen LogP contribution in [0.4, 0.5) is 5.95 Å². The third-order valence-electron chi connectivity index (χ3n) is 3.16. The molecule has 4 N–H and O–H groups in total. The molecule has 0 aliphatic heterocycles. The lowest BCUT2D eigenvalue weighted by Gasteiger charge is -2.14. The van der Waals surface area contributed by atoms with Crippen LogP contribution in [0.15, 0.2) is 18.3 Å². The van der Waals surface area contributed by atoms with E-state index in [1.807, 2.05) is 0 Å². The van der Waals surface area contributed by atoms with Crippen LogP contribution in [0.3, 0.4) is 0 Å². The SMILES string of the molecule is COc1cc(Cc2cn(O)c(N)nc2=N)cc(OC)c1OC. The summed E-state index contributed by atoms with van der Waals surface area (Å²) in [5.74, 6) is 1.39. The average molecular weight is 306 g/mol. The fourth-order valence-corrected chi connectivity index (χ4v) is 2.10. The van der Waals surface area contributed by atoms with Crippen molar-refractivity contribution in [3.8, 4) is 17.2 Å². The molecule has 2 rings (SSSR count). The van der Waals surface area contributed by atoms with Gasteiger partial charge in [-0.15, -0.1) is 0 Å². The smallest absolute Gasteiger partial charge is 0.235 e. The summed E-state index contributed by atoms with van der Waals surface area (Å²) in [5, 5.41) is 17.4. The van der Waals surface area contributed by atoms with Crippen molar-refractivity contribution in [1.29, 1.82) is 5.41 Å². The van der Waals surface area contributed by atoms with E-state index in [0.717, 1.165) is 5.56 Å². The summed E-state index contributed by atoms with van der Waals surface area (Å²) in [6.45, 7) is 0. The number of nitrogens with two attached hydrogens (primary N) is 1. The number of nitrogens with one attached hydrogen (secondary N) is 1. The normalized spacial score (nSPS) is 10.3. The number of aromatic nitrogens is 2. The molecule has 0 spiro atoms. The van der Waals surface area contributed by atoms with E-state index >= 15 is 0 Å². The quantitative estimate of drug-likeness (QED) is 0.704. The van der Waals surface area contributed by atoms with Gasteiger partial charge in [0, 0.05) is 12.0 Å². The number of nitrogens with zero attached hydrogens (tertiary/aromatic N) is 2. The Morgan fingerprint density at radius 2 is 1.77 bits per heavy atom. The Morgan fingerprint density at radius 1 is 1.18 bits per heavy atom. The van der Waals surface area contributed by atoms with Gasteiger partial charge in [-0.2, -0.15) is 9.71 Å². The molecule has 22 heavy (non-hydrogen) atoms. The highest BCUT2D eigenvalue weighted by molar-refractivity contribution is 5.54. The topological polar surface area (TPSA) is 116 Å². The van der Waals surface area contributed by atoms with Crippen LogP contribution in [0, 0.1) is 5.41 Å². The van der Waals surface area contributed by atoms with Crippen molar-refractivity contribution in [2.45, 2.75) is 6.42 Å². The van der Waals surface area contributed by atoms with Crippen LogP contribution in [-0.4, -0.2) is 36.3 Å². The van der Waals surface area contributed by atoms with E-state index in [2.05, 4.69) is 4.98 Å². The summed E-state index contributed by atoms with van der Waals surface area (Å²) in [5.41, 5.74) is 6.75. The van der Waals surface area contributed by atoms with Crippen molar-refractivity contribution in [1.82, 2.24) is 9.71 Å². The number of benzene rings is 1. The number of anilines is 1. The molecule has 0 saturated carbocycles. The first-order valence-corrected chi connectivity index (χ1v) is 6.41. The lowest BCUT2D eigenvalue weighted by atomic mass is 10.1. The van der Waals surface area contributed by atoms with Gasteiger partial charge in [-0.05, 0) is 17.7 Å². The second-order valence-electron chi connectivity index (χ2n) is 4.53. The van der Waals surface area contributed by atoms with Gasteiger partial charge in [0.1, 0.15) is 0 Å². The van der Waals surface area contributed by atoms with Gasteiger partial charge in [0.2, 0.25) is 11.7 Å². The van der Waals surface area contributed by atoms with Gasteiger partial charge in [-0.1, -0.05) is 0 Å². The van der Waals surface area contributed by atoms with Crippen molar-refractivity contribution in [3.63, 3.8) is 0 Å². The highest BCUT2D eigenvalue weighted by Gasteiger charge is 2.14. The molecule has 0 aliphatic carbocycles. The molecule has 0 radical (unpaired) electrons. The van der Waals surface area contributed by atoms with Crippen molar-refractivity contribution in [3.05, 3.63) is 34.9 Å². The summed E-state index contributed by atoms with van der Waals surface area (Å²) < 4.78 is 16.5. The molecule has 0 unspecified atom stereocenters. The second-order valence-corrected chi connectivity index (χ2v) is 4.53. The van der Waals surface area contributed by atoms with Gasteiger partial charge in [0.25, 0.3) is 0 Å². The largest absolute Gasteiger partial charge is 0.493 e. The highest BCUT2D eigenvalue weighted by Crippen LogP contribution is 2.38. The zero-order chi connectivity index (χ0) is 16.3. The minimum absolute atomic E-state index is 0.00319. The molecule has 118 valence electrons. The van der Waals surface area contributed by atoms with Crippen LogP contribution in [0.2, 0.25) is 0 Å². The van der Waals surface area contributed by atoms with E-state index in [-0.39, 0.29) is 11.4 Å². The van der Waals surface area contributed by atoms with Crippen molar-refractivity contribution < 1.29 is 19.4 Å². The first-order valence-electron chi connectivity index (χ1n) is 6.41. The maximum Gasteiger partial charge on any atom is 0.235 e. The molecule has 0 bridgehead atoms. The highest BCUT2D eigenvalue weighted by atomic mass is 16.5. The molecular formula is C14H18N4O4. The summed E-state index contributed by atoms with van der Waals surface area (Å²) in [6, 6.07) is 3.55. The van der Waals surface area contributed by atoms with Gasteiger partial charge in [-0.25, -0.2) is 0 Å². The summed E-state index contributed by atoms with van der Waals surface area (Å²) in [7, 11) is 4.59. The molecule has 0 amide bonds. The van der Waals surface area contributed by atoms with Gasteiger partial charge >= 0.3 is 0 Å². The number of ether oxygens (including phenoxy) is 3. The Balaban J connectivity index is 2.46. The standard InChI is InChI=1S/C14H18N4O4/c1-20-10-5-8(6-11(21-2)12(10)22-3)4-9-7-18(19)14(16)17-13(9)15/h5-7,19H,4H2,1-3H3,(H3,15,16,17). The number of rotatable bonds is 5. The zero-order valence-electron chi connectivity index (χ0n) is 12.6. The van der Waals surface area contributed by atoms with Gasteiger partial charge in [0.15, 0.2) is 17.0 Å². The molecule has 0 fully saturated rings. The van der Waals surface area contributed by atoms with Crippen LogP contribution < -0.4 is 25.4 Å². The third-order valence-corrected chi connectivity index (χ3v) is 3.16. The van der Waals surface area contributed by atoms with E-state index in [9.17, 15) is 5.21 Å². The number of hydrogen-bond acceptors (Lipinski definition) is 7. The van der Waals surface area contributed by atoms with Crippen molar-refractivity contribution in [2.75, 3.05) is 27.1 Å². The number of nitrogen functional groups attached to an aromatic ring is 1. The fraction of sp³-hybridized carbons (Fsp3) is 0.286. The molecular weight excluding hydrogens is 288 g/mol. The Morgan fingerprint density at radius 3 is 2.27 bits per heavy atom. The van der Waals surface area contributed by atoms with Crippen LogP contribution in [0.25, 0.3) is 0 Å². The van der Waals surface area contributed by atoms with Crippen molar-refractivity contribution >= 4 is 5.95 Å². The molecule has 8 nitrogen and oxygen atoms in total. The van der Waals surface area contributed by atoms with E-state index < -0.39 is 0 Å². The molecule has 1 heterocycles. The van der Waals surface area contributed by atoms with E-state index in [1.165, 1.54) is 27.5 Å². The minimum atomic E-state index is -0.140. The average Bonchev–Trinajstić information content (AvgIpc) is 2.51. The Kier molecular flexibility index (Phi) is 4.40. The van der Waals surface area contributed by atoms with E-state index in [0.29, 0.717) is 34.0 Å².